The third kappa shape index (κ3) is 6.84. The number of nitrogens with zero attached hydrogens (tertiary/aromatic N) is 3. The highest BCUT2D eigenvalue weighted by Crippen LogP contribution is 2.40. The lowest BCUT2D eigenvalue weighted by molar-refractivity contribution is -0.134. The van der Waals surface area contributed by atoms with E-state index in [9.17, 15) is 22.4 Å². The van der Waals surface area contributed by atoms with Gasteiger partial charge in [-0.3, -0.25) is 4.79 Å². The van der Waals surface area contributed by atoms with Crippen LogP contribution in [0.5, 0.6) is 0 Å². The number of carbonyl (C=O) groups is 1. The number of halogens is 4. The van der Waals surface area contributed by atoms with Gasteiger partial charge in [-0.15, -0.1) is 0 Å². The number of hydrogen-bond acceptors (Lipinski definition) is 4. The van der Waals surface area contributed by atoms with E-state index < -0.39 is 41.0 Å². The summed E-state index contributed by atoms with van der Waals surface area (Å²) in [5, 5.41) is 3.05. The Kier molecular flexibility index (Phi) is 9.06. The minimum absolute atomic E-state index is 0.0206. The van der Waals surface area contributed by atoms with E-state index in [0.29, 0.717) is 17.9 Å². The first kappa shape index (κ1) is 29.1. The number of carbonyl (C=O) groups excluding carboxylic acids is 1. The molecule has 0 unspecified atom stereocenters. The van der Waals surface area contributed by atoms with Crippen LogP contribution in [0.1, 0.15) is 38.2 Å². The van der Waals surface area contributed by atoms with Crippen LogP contribution in [0.2, 0.25) is 0 Å². The number of nitrogens with one attached hydrogen (secondary N) is 1. The predicted molar refractivity (Wildman–Crippen MR) is 147 cm³/mol. The minimum atomic E-state index is -1.10. The first-order valence-electron chi connectivity index (χ1n) is 12.9. The molecule has 0 saturated carbocycles. The van der Waals surface area contributed by atoms with Gasteiger partial charge in [-0.2, -0.15) is 11.8 Å². The van der Waals surface area contributed by atoms with Gasteiger partial charge in [0, 0.05) is 43.9 Å². The molecule has 0 aliphatic carbocycles. The van der Waals surface area contributed by atoms with E-state index in [-0.39, 0.29) is 42.6 Å². The van der Waals surface area contributed by atoms with Crippen molar-refractivity contribution in [2.75, 3.05) is 31.6 Å². The maximum Gasteiger partial charge on any atom is 0.233 e. The summed E-state index contributed by atoms with van der Waals surface area (Å²) in [6.45, 7) is 6.91. The van der Waals surface area contributed by atoms with Crippen LogP contribution in [-0.2, 0) is 11.3 Å². The van der Waals surface area contributed by atoms with Crippen molar-refractivity contribution < 1.29 is 22.4 Å². The van der Waals surface area contributed by atoms with Crippen LogP contribution in [0.3, 0.4) is 0 Å². The molecule has 3 aromatic rings. The Hall–Kier alpha value is -2.85. The highest BCUT2D eigenvalue weighted by Gasteiger charge is 2.41. The molecule has 2 heterocycles. The molecule has 1 aliphatic rings. The molecule has 1 aliphatic heterocycles. The van der Waals surface area contributed by atoms with Gasteiger partial charge in [0.25, 0.3) is 0 Å². The molecule has 0 radical (unpaired) electrons. The number of aromatic nitrogens is 2. The van der Waals surface area contributed by atoms with Crippen molar-refractivity contribution in [1.29, 1.82) is 0 Å². The standard InChI is InChI=1S/C29H34F4N4OS/c1-29(2,3)27(37(26(38)17-39-4)15-19-12-34-13-24(19)33)28-35-25(22-11-21(31)8-9-23(22)32)16-36(28)14-18-6-5-7-20(30)10-18/h5-11,16,19,24,27,34H,12-15,17H2,1-4H3/t19-,24-,27-/m0/s1. The summed E-state index contributed by atoms with van der Waals surface area (Å²) in [6, 6.07) is 8.61. The lowest BCUT2D eigenvalue weighted by Crippen LogP contribution is -2.46. The van der Waals surface area contributed by atoms with Gasteiger partial charge in [0.05, 0.1) is 17.5 Å². The number of hydrogen-bond donors (Lipinski definition) is 1. The van der Waals surface area contributed by atoms with E-state index in [2.05, 4.69) is 5.32 Å². The Morgan fingerprint density at radius 1 is 1.15 bits per heavy atom. The maximum absolute atomic E-state index is 14.8. The van der Waals surface area contributed by atoms with Crippen molar-refractivity contribution in [2.45, 2.75) is 39.5 Å². The molecule has 2 aromatic carbocycles. The number of rotatable bonds is 9. The van der Waals surface area contributed by atoms with Crippen LogP contribution in [0.4, 0.5) is 17.6 Å². The second kappa shape index (κ2) is 12.1. The Labute approximate surface area is 231 Å². The monoisotopic (exact) mass is 562 g/mol. The van der Waals surface area contributed by atoms with Crippen LogP contribution in [0.25, 0.3) is 11.3 Å². The summed E-state index contributed by atoms with van der Waals surface area (Å²) in [4.78, 5) is 20.0. The maximum atomic E-state index is 14.8. The topological polar surface area (TPSA) is 50.2 Å². The number of thioether (sulfide) groups is 1. The van der Waals surface area contributed by atoms with E-state index in [0.717, 1.165) is 18.2 Å². The molecular weight excluding hydrogens is 528 g/mol. The second-order valence-corrected chi connectivity index (χ2v) is 11.9. The van der Waals surface area contributed by atoms with Gasteiger partial charge in [-0.25, -0.2) is 22.5 Å². The highest BCUT2D eigenvalue weighted by atomic mass is 32.2. The molecule has 4 rings (SSSR count). The summed E-state index contributed by atoms with van der Waals surface area (Å²) in [5.41, 5.74) is 0.233. The van der Waals surface area contributed by atoms with Crippen LogP contribution in [0.15, 0.2) is 48.7 Å². The molecule has 5 nitrogen and oxygen atoms in total. The quantitative estimate of drug-likeness (QED) is 0.333. The molecule has 1 aromatic heterocycles. The number of amides is 1. The lowest BCUT2D eigenvalue weighted by atomic mass is 9.84. The second-order valence-electron chi connectivity index (χ2n) is 11.0. The Morgan fingerprint density at radius 3 is 2.54 bits per heavy atom. The molecule has 0 spiro atoms. The van der Waals surface area contributed by atoms with E-state index in [4.69, 9.17) is 4.98 Å². The molecule has 210 valence electrons. The molecule has 1 amide bonds. The average Bonchev–Trinajstić information content (AvgIpc) is 3.45. The number of benzene rings is 2. The Balaban J connectivity index is 1.88. The van der Waals surface area contributed by atoms with Crippen molar-refractivity contribution in [3.63, 3.8) is 0 Å². The van der Waals surface area contributed by atoms with Crippen molar-refractivity contribution in [3.8, 4) is 11.3 Å². The molecule has 3 atom stereocenters. The fraction of sp³-hybridized carbons (Fsp3) is 0.448. The zero-order valence-corrected chi connectivity index (χ0v) is 23.4. The van der Waals surface area contributed by atoms with E-state index >= 15 is 0 Å². The Bertz CT molecular complexity index is 1310. The average molecular weight is 563 g/mol. The van der Waals surface area contributed by atoms with Crippen molar-refractivity contribution >= 4 is 17.7 Å². The highest BCUT2D eigenvalue weighted by molar-refractivity contribution is 7.99. The fourth-order valence-electron chi connectivity index (χ4n) is 5.12. The van der Waals surface area contributed by atoms with Crippen LogP contribution in [-0.4, -0.2) is 58.2 Å². The zero-order valence-electron chi connectivity index (χ0n) is 22.6. The molecule has 39 heavy (non-hydrogen) atoms. The van der Waals surface area contributed by atoms with Gasteiger partial charge in [0.2, 0.25) is 5.91 Å². The first-order valence-corrected chi connectivity index (χ1v) is 14.3. The van der Waals surface area contributed by atoms with Gasteiger partial charge in [-0.1, -0.05) is 32.9 Å². The van der Waals surface area contributed by atoms with E-state index in [1.165, 1.54) is 23.9 Å². The third-order valence-corrected chi connectivity index (χ3v) is 7.44. The van der Waals surface area contributed by atoms with Crippen LogP contribution < -0.4 is 5.32 Å². The molecule has 10 heteroatoms. The summed E-state index contributed by atoms with van der Waals surface area (Å²) in [6.07, 6.45) is 2.33. The number of imidazole rings is 1. The van der Waals surface area contributed by atoms with Crippen molar-refractivity contribution in [3.05, 3.63) is 77.5 Å². The van der Waals surface area contributed by atoms with Crippen molar-refractivity contribution in [2.24, 2.45) is 11.3 Å². The SMILES string of the molecule is CSCC(=O)N(C[C@@H]1CNC[C@@H]1F)[C@@H](c1nc(-c2cc(F)ccc2F)cn1Cc1cccc(F)c1)C(C)(C)C. The predicted octanol–water partition coefficient (Wildman–Crippen LogP) is 5.85. The molecule has 1 saturated heterocycles. The summed E-state index contributed by atoms with van der Waals surface area (Å²) < 4.78 is 59.5. The fourth-order valence-corrected chi connectivity index (χ4v) is 5.53. The smallest absolute Gasteiger partial charge is 0.233 e. The van der Waals surface area contributed by atoms with Gasteiger partial charge >= 0.3 is 0 Å². The normalized spacial score (nSPS) is 18.4. The van der Waals surface area contributed by atoms with Gasteiger partial charge in [0.1, 0.15) is 29.4 Å². The summed E-state index contributed by atoms with van der Waals surface area (Å²) in [7, 11) is 0. The summed E-state index contributed by atoms with van der Waals surface area (Å²) in [5.74, 6) is -1.59. The van der Waals surface area contributed by atoms with Gasteiger partial charge < -0.3 is 14.8 Å². The first-order chi connectivity index (χ1) is 18.5. The van der Waals surface area contributed by atoms with E-state index in [1.807, 2.05) is 27.0 Å². The van der Waals surface area contributed by atoms with Crippen LogP contribution >= 0.6 is 11.8 Å². The van der Waals surface area contributed by atoms with Crippen molar-refractivity contribution in [1.82, 2.24) is 19.8 Å². The molecule has 1 fully saturated rings. The zero-order chi connectivity index (χ0) is 28.3. The van der Waals surface area contributed by atoms with E-state index in [1.54, 1.807) is 27.8 Å². The minimum Gasteiger partial charge on any atom is -0.331 e. The molecule has 1 N–H and O–H groups in total. The van der Waals surface area contributed by atoms with Gasteiger partial charge in [-0.05, 0) is 47.6 Å². The number of alkyl halides is 1. The lowest BCUT2D eigenvalue weighted by Gasteiger charge is -2.41. The van der Waals surface area contributed by atoms with Gasteiger partial charge in [0.15, 0.2) is 0 Å². The molecule has 0 bridgehead atoms. The summed E-state index contributed by atoms with van der Waals surface area (Å²) >= 11 is 1.37. The third-order valence-electron chi connectivity index (χ3n) is 6.91. The Morgan fingerprint density at radius 2 is 1.90 bits per heavy atom. The van der Waals surface area contributed by atoms with Crippen LogP contribution in [0, 0.1) is 28.8 Å². The largest absolute Gasteiger partial charge is 0.331 e. The molecular formula is C29H34F4N4OS.